The summed E-state index contributed by atoms with van der Waals surface area (Å²) < 4.78 is 13.5. The van der Waals surface area contributed by atoms with Crippen molar-refractivity contribution in [3.8, 4) is 0 Å². The van der Waals surface area contributed by atoms with Gasteiger partial charge in [0.25, 0.3) is 5.91 Å². The van der Waals surface area contributed by atoms with Crippen molar-refractivity contribution in [3.63, 3.8) is 0 Å². The molecule has 2 aromatic rings. The van der Waals surface area contributed by atoms with E-state index in [1.165, 1.54) is 17.7 Å². The van der Waals surface area contributed by atoms with Crippen LogP contribution in [0, 0.1) is 5.82 Å². The lowest BCUT2D eigenvalue weighted by Gasteiger charge is -2.17. The number of halogens is 1. The zero-order valence-electron chi connectivity index (χ0n) is 11.5. The number of carbonyl (C=O) groups excluding carboxylic acids is 1. The van der Waals surface area contributed by atoms with Gasteiger partial charge in [-0.05, 0) is 37.0 Å². The lowest BCUT2D eigenvalue weighted by atomic mass is 9.90. The van der Waals surface area contributed by atoms with E-state index in [1.54, 1.807) is 12.1 Å². The molecule has 3 rings (SSSR count). The van der Waals surface area contributed by atoms with Crippen LogP contribution in [-0.4, -0.2) is 11.6 Å². The van der Waals surface area contributed by atoms with Gasteiger partial charge in [0, 0.05) is 5.56 Å². The number of benzene rings is 2. The van der Waals surface area contributed by atoms with Crippen molar-refractivity contribution in [1.82, 2.24) is 5.43 Å². The zero-order chi connectivity index (χ0) is 14.7. The topological polar surface area (TPSA) is 41.5 Å². The number of fused-ring (bicyclic) bond motifs is 1. The SMILES string of the molecule is O=C(NN=C1CCCc2ccccc21)c1ccccc1F. The third-order valence-corrected chi connectivity index (χ3v) is 3.60. The monoisotopic (exact) mass is 282 g/mol. The first kappa shape index (κ1) is 13.5. The highest BCUT2D eigenvalue weighted by atomic mass is 19.1. The first-order valence-corrected chi connectivity index (χ1v) is 6.95. The predicted molar refractivity (Wildman–Crippen MR) is 79.8 cm³/mol. The highest BCUT2D eigenvalue weighted by Gasteiger charge is 2.16. The van der Waals surface area contributed by atoms with Gasteiger partial charge >= 0.3 is 0 Å². The Morgan fingerprint density at radius 2 is 1.81 bits per heavy atom. The van der Waals surface area contributed by atoms with E-state index in [-0.39, 0.29) is 5.56 Å². The lowest BCUT2D eigenvalue weighted by Crippen LogP contribution is -2.22. The minimum Gasteiger partial charge on any atom is -0.267 e. The molecule has 1 aliphatic carbocycles. The van der Waals surface area contributed by atoms with E-state index in [0.29, 0.717) is 0 Å². The molecule has 0 heterocycles. The van der Waals surface area contributed by atoms with Crippen LogP contribution in [-0.2, 0) is 6.42 Å². The Kier molecular flexibility index (Phi) is 3.77. The summed E-state index contributed by atoms with van der Waals surface area (Å²) in [7, 11) is 0. The van der Waals surface area contributed by atoms with Crippen LogP contribution in [0.3, 0.4) is 0 Å². The molecule has 0 saturated carbocycles. The summed E-state index contributed by atoms with van der Waals surface area (Å²) in [6, 6.07) is 13.9. The fraction of sp³-hybridized carbons (Fsp3) is 0.176. The van der Waals surface area contributed by atoms with Crippen molar-refractivity contribution in [3.05, 3.63) is 71.0 Å². The quantitative estimate of drug-likeness (QED) is 0.844. The van der Waals surface area contributed by atoms with Gasteiger partial charge in [0.2, 0.25) is 0 Å². The average molecular weight is 282 g/mol. The predicted octanol–water partition coefficient (Wildman–Crippen LogP) is 3.30. The van der Waals surface area contributed by atoms with Gasteiger partial charge in [-0.3, -0.25) is 4.79 Å². The highest BCUT2D eigenvalue weighted by molar-refractivity contribution is 6.04. The molecule has 21 heavy (non-hydrogen) atoms. The van der Waals surface area contributed by atoms with Crippen LogP contribution in [0.1, 0.15) is 34.3 Å². The van der Waals surface area contributed by atoms with Gasteiger partial charge in [-0.25, -0.2) is 9.82 Å². The van der Waals surface area contributed by atoms with Gasteiger partial charge in [-0.2, -0.15) is 5.10 Å². The van der Waals surface area contributed by atoms with Gasteiger partial charge in [-0.1, -0.05) is 36.4 Å². The standard InChI is InChI=1S/C17H15FN2O/c18-15-10-4-3-9-14(15)17(21)20-19-16-11-5-7-12-6-1-2-8-13(12)16/h1-4,6,8-10H,5,7,11H2,(H,20,21). The minimum absolute atomic E-state index is 0.00550. The number of carbonyl (C=O) groups is 1. The van der Waals surface area contributed by atoms with Gasteiger partial charge in [0.05, 0.1) is 11.3 Å². The highest BCUT2D eigenvalue weighted by Crippen LogP contribution is 2.21. The molecule has 0 saturated heterocycles. The molecule has 3 nitrogen and oxygen atoms in total. The van der Waals surface area contributed by atoms with Crippen LogP contribution < -0.4 is 5.43 Å². The molecule has 1 amide bonds. The Morgan fingerprint density at radius 3 is 2.67 bits per heavy atom. The van der Waals surface area contributed by atoms with Crippen LogP contribution in [0.4, 0.5) is 4.39 Å². The molecule has 0 aliphatic heterocycles. The maximum absolute atomic E-state index is 13.5. The molecule has 1 N–H and O–H groups in total. The Morgan fingerprint density at radius 1 is 1.05 bits per heavy atom. The molecule has 1 aliphatic rings. The second kappa shape index (κ2) is 5.87. The third-order valence-electron chi connectivity index (χ3n) is 3.60. The number of nitrogens with zero attached hydrogens (tertiary/aromatic N) is 1. The summed E-state index contributed by atoms with van der Waals surface area (Å²) in [5, 5.41) is 4.19. The van der Waals surface area contributed by atoms with Gasteiger partial charge in [0.1, 0.15) is 5.82 Å². The van der Waals surface area contributed by atoms with Crippen LogP contribution in [0.2, 0.25) is 0 Å². The Labute approximate surface area is 122 Å². The summed E-state index contributed by atoms with van der Waals surface area (Å²) in [4.78, 5) is 12.0. The molecule has 0 radical (unpaired) electrons. The molecule has 106 valence electrons. The van der Waals surface area contributed by atoms with E-state index in [2.05, 4.69) is 16.6 Å². The van der Waals surface area contributed by atoms with Gasteiger partial charge < -0.3 is 0 Å². The zero-order valence-corrected chi connectivity index (χ0v) is 11.5. The Balaban J connectivity index is 1.82. The van der Waals surface area contributed by atoms with Crippen LogP contribution in [0.25, 0.3) is 0 Å². The number of rotatable bonds is 2. The maximum Gasteiger partial charge on any atom is 0.274 e. The van der Waals surface area contributed by atoms with Crippen molar-refractivity contribution >= 4 is 11.6 Å². The Hall–Kier alpha value is -2.49. The molecule has 0 aromatic heterocycles. The normalized spacial score (nSPS) is 15.6. The number of hydrogen-bond donors (Lipinski definition) is 1. The van der Waals surface area contributed by atoms with E-state index >= 15 is 0 Å². The molecule has 0 bridgehead atoms. The van der Waals surface area contributed by atoms with E-state index in [9.17, 15) is 9.18 Å². The number of hydrogen-bond acceptors (Lipinski definition) is 2. The number of aryl methyl sites for hydroxylation is 1. The van der Waals surface area contributed by atoms with Crippen molar-refractivity contribution < 1.29 is 9.18 Å². The van der Waals surface area contributed by atoms with Crippen LogP contribution in [0.5, 0.6) is 0 Å². The number of nitrogens with one attached hydrogen (secondary N) is 1. The summed E-state index contributed by atoms with van der Waals surface area (Å²) in [6.45, 7) is 0. The molecular formula is C17H15FN2O. The fourth-order valence-corrected chi connectivity index (χ4v) is 2.54. The molecule has 0 unspecified atom stereocenters. The average Bonchev–Trinajstić information content (AvgIpc) is 2.53. The largest absolute Gasteiger partial charge is 0.274 e. The number of amides is 1. The fourth-order valence-electron chi connectivity index (χ4n) is 2.54. The molecular weight excluding hydrogens is 267 g/mol. The second-order valence-corrected chi connectivity index (χ2v) is 4.99. The van der Waals surface area contributed by atoms with E-state index < -0.39 is 11.7 Å². The Bertz CT molecular complexity index is 709. The third kappa shape index (κ3) is 2.84. The summed E-state index contributed by atoms with van der Waals surface area (Å²) in [6.07, 6.45) is 2.84. The van der Waals surface area contributed by atoms with Crippen molar-refractivity contribution in [2.24, 2.45) is 5.10 Å². The molecule has 0 spiro atoms. The van der Waals surface area contributed by atoms with Crippen LogP contribution >= 0.6 is 0 Å². The summed E-state index contributed by atoms with van der Waals surface area (Å²) in [5.74, 6) is -1.07. The number of hydrazone groups is 1. The van der Waals surface area contributed by atoms with Gasteiger partial charge in [0.15, 0.2) is 0 Å². The summed E-state index contributed by atoms with van der Waals surface area (Å²) in [5.41, 5.74) is 5.62. The first-order valence-electron chi connectivity index (χ1n) is 6.95. The molecule has 2 aromatic carbocycles. The van der Waals surface area contributed by atoms with E-state index in [1.807, 2.05) is 18.2 Å². The summed E-state index contributed by atoms with van der Waals surface area (Å²) >= 11 is 0. The van der Waals surface area contributed by atoms with Crippen molar-refractivity contribution in [2.45, 2.75) is 19.3 Å². The molecule has 0 atom stereocenters. The van der Waals surface area contributed by atoms with Crippen molar-refractivity contribution in [1.29, 1.82) is 0 Å². The minimum atomic E-state index is -0.542. The smallest absolute Gasteiger partial charge is 0.267 e. The van der Waals surface area contributed by atoms with E-state index in [0.717, 1.165) is 30.5 Å². The van der Waals surface area contributed by atoms with Gasteiger partial charge in [-0.15, -0.1) is 0 Å². The second-order valence-electron chi connectivity index (χ2n) is 4.99. The molecule has 0 fully saturated rings. The lowest BCUT2D eigenvalue weighted by molar-refractivity contribution is 0.0950. The van der Waals surface area contributed by atoms with Crippen LogP contribution in [0.15, 0.2) is 53.6 Å². The maximum atomic E-state index is 13.5. The van der Waals surface area contributed by atoms with E-state index in [4.69, 9.17) is 0 Å². The first-order chi connectivity index (χ1) is 10.3. The van der Waals surface area contributed by atoms with Crippen molar-refractivity contribution in [2.75, 3.05) is 0 Å². The molecule has 4 heteroatoms.